The summed E-state index contributed by atoms with van der Waals surface area (Å²) in [6, 6.07) is 7.62. The highest BCUT2D eigenvalue weighted by atomic mass is 16.2. The van der Waals surface area contributed by atoms with Crippen molar-refractivity contribution in [3.05, 3.63) is 35.4 Å². The van der Waals surface area contributed by atoms with Crippen molar-refractivity contribution >= 4 is 5.91 Å². The van der Waals surface area contributed by atoms with Gasteiger partial charge in [-0.2, -0.15) is 0 Å². The molecule has 0 radical (unpaired) electrons. The van der Waals surface area contributed by atoms with Gasteiger partial charge in [-0.25, -0.2) is 0 Å². The van der Waals surface area contributed by atoms with E-state index < -0.39 is 6.04 Å². The first-order valence-electron chi connectivity index (χ1n) is 6.08. The standard InChI is InChI=1S/C14H22N2O/c1-10(2)8-13(15)14(17)16-9-12-7-5-4-6-11(12)3/h4-7,10,13H,8-9,15H2,1-3H3,(H,16,17). The summed E-state index contributed by atoms with van der Waals surface area (Å²) < 4.78 is 0. The summed E-state index contributed by atoms with van der Waals surface area (Å²) in [4.78, 5) is 11.7. The van der Waals surface area contributed by atoms with Crippen LogP contribution < -0.4 is 11.1 Å². The van der Waals surface area contributed by atoms with E-state index in [9.17, 15) is 4.79 Å². The lowest BCUT2D eigenvalue weighted by molar-refractivity contribution is -0.122. The first kappa shape index (κ1) is 13.7. The monoisotopic (exact) mass is 234 g/mol. The van der Waals surface area contributed by atoms with Gasteiger partial charge in [-0.15, -0.1) is 0 Å². The van der Waals surface area contributed by atoms with Gasteiger partial charge >= 0.3 is 0 Å². The summed E-state index contributed by atoms with van der Waals surface area (Å²) in [6.07, 6.45) is 0.722. The van der Waals surface area contributed by atoms with Crippen molar-refractivity contribution in [3.63, 3.8) is 0 Å². The highest BCUT2D eigenvalue weighted by Crippen LogP contribution is 2.07. The minimum Gasteiger partial charge on any atom is -0.351 e. The normalized spacial score (nSPS) is 12.5. The summed E-state index contributed by atoms with van der Waals surface area (Å²) in [5.74, 6) is 0.371. The predicted molar refractivity (Wildman–Crippen MR) is 70.5 cm³/mol. The predicted octanol–water partition coefficient (Wildman–Crippen LogP) is 1.98. The molecule has 1 amide bonds. The number of benzene rings is 1. The second-order valence-electron chi connectivity index (χ2n) is 4.88. The smallest absolute Gasteiger partial charge is 0.237 e. The second-order valence-corrected chi connectivity index (χ2v) is 4.88. The number of carbonyl (C=O) groups is 1. The number of amides is 1. The van der Waals surface area contributed by atoms with Crippen LogP contribution in [0, 0.1) is 12.8 Å². The van der Waals surface area contributed by atoms with Crippen molar-refractivity contribution in [2.45, 2.75) is 39.8 Å². The van der Waals surface area contributed by atoms with E-state index in [-0.39, 0.29) is 5.91 Å². The van der Waals surface area contributed by atoms with E-state index in [1.807, 2.05) is 31.2 Å². The van der Waals surface area contributed by atoms with Crippen LogP contribution in [0.1, 0.15) is 31.4 Å². The molecular formula is C14H22N2O. The number of carbonyl (C=O) groups excluding carboxylic acids is 1. The largest absolute Gasteiger partial charge is 0.351 e. The number of aryl methyl sites for hydroxylation is 1. The maximum atomic E-state index is 11.7. The van der Waals surface area contributed by atoms with E-state index >= 15 is 0 Å². The Morgan fingerprint density at radius 3 is 2.59 bits per heavy atom. The molecule has 1 aromatic carbocycles. The fourth-order valence-electron chi connectivity index (χ4n) is 1.74. The van der Waals surface area contributed by atoms with Crippen LogP contribution >= 0.6 is 0 Å². The Bertz CT molecular complexity index is 374. The number of hydrogen-bond acceptors (Lipinski definition) is 2. The molecular weight excluding hydrogens is 212 g/mol. The Hall–Kier alpha value is -1.35. The SMILES string of the molecule is Cc1ccccc1CNC(=O)C(N)CC(C)C. The molecule has 1 unspecified atom stereocenters. The van der Waals surface area contributed by atoms with Gasteiger partial charge in [0.05, 0.1) is 6.04 Å². The summed E-state index contributed by atoms with van der Waals surface area (Å²) >= 11 is 0. The Balaban J connectivity index is 2.46. The third-order valence-corrected chi connectivity index (χ3v) is 2.78. The average Bonchev–Trinajstić information content (AvgIpc) is 2.26. The Labute approximate surface area is 103 Å². The highest BCUT2D eigenvalue weighted by Gasteiger charge is 2.14. The molecule has 94 valence electrons. The lowest BCUT2D eigenvalue weighted by Crippen LogP contribution is -2.41. The van der Waals surface area contributed by atoms with Gasteiger partial charge in [0.25, 0.3) is 0 Å². The van der Waals surface area contributed by atoms with Crippen molar-refractivity contribution < 1.29 is 4.79 Å². The molecule has 3 N–H and O–H groups in total. The Morgan fingerprint density at radius 1 is 1.35 bits per heavy atom. The summed E-state index contributed by atoms with van der Waals surface area (Å²) in [5, 5.41) is 2.88. The topological polar surface area (TPSA) is 55.1 Å². The van der Waals surface area contributed by atoms with Gasteiger partial charge in [-0.05, 0) is 30.4 Å². The third kappa shape index (κ3) is 4.57. The number of hydrogen-bond donors (Lipinski definition) is 2. The fourth-order valence-corrected chi connectivity index (χ4v) is 1.74. The third-order valence-electron chi connectivity index (χ3n) is 2.78. The molecule has 0 fully saturated rings. The maximum absolute atomic E-state index is 11.7. The van der Waals surface area contributed by atoms with E-state index in [2.05, 4.69) is 19.2 Å². The molecule has 17 heavy (non-hydrogen) atoms. The zero-order valence-corrected chi connectivity index (χ0v) is 10.9. The average molecular weight is 234 g/mol. The molecule has 0 aliphatic heterocycles. The lowest BCUT2D eigenvalue weighted by Gasteiger charge is -2.14. The van der Waals surface area contributed by atoms with Crippen LogP contribution in [0.4, 0.5) is 0 Å². The van der Waals surface area contributed by atoms with E-state index in [0.717, 1.165) is 12.0 Å². The van der Waals surface area contributed by atoms with Gasteiger partial charge in [0.1, 0.15) is 0 Å². The molecule has 0 bridgehead atoms. The molecule has 0 saturated heterocycles. The van der Waals surface area contributed by atoms with Gasteiger partial charge in [-0.1, -0.05) is 38.1 Å². The zero-order chi connectivity index (χ0) is 12.8. The van der Waals surface area contributed by atoms with E-state index in [0.29, 0.717) is 12.5 Å². The van der Waals surface area contributed by atoms with E-state index in [1.54, 1.807) is 0 Å². The van der Waals surface area contributed by atoms with Gasteiger partial charge in [0.15, 0.2) is 0 Å². The first-order chi connectivity index (χ1) is 8.00. The van der Waals surface area contributed by atoms with Gasteiger partial charge in [0.2, 0.25) is 5.91 Å². The van der Waals surface area contributed by atoms with Crippen LogP contribution in [0.3, 0.4) is 0 Å². The number of nitrogens with two attached hydrogens (primary N) is 1. The molecule has 0 aliphatic rings. The quantitative estimate of drug-likeness (QED) is 0.818. The lowest BCUT2D eigenvalue weighted by atomic mass is 10.0. The van der Waals surface area contributed by atoms with Crippen molar-refractivity contribution in [2.75, 3.05) is 0 Å². The summed E-state index contributed by atoms with van der Waals surface area (Å²) in [5.41, 5.74) is 8.13. The molecule has 3 nitrogen and oxygen atoms in total. The minimum absolute atomic E-state index is 0.0676. The summed E-state index contributed by atoms with van der Waals surface area (Å²) in [6.45, 7) is 6.72. The molecule has 0 heterocycles. The molecule has 0 aromatic heterocycles. The van der Waals surface area contributed by atoms with Crippen LogP contribution in [-0.2, 0) is 11.3 Å². The van der Waals surface area contributed by atoms with Crippen molar-refractivity contribution in [2.24, 2.45) is 11.7 Å². The molecule has 0 spiro atoms. The molecule has 0 aliphatic carbocycles. The fraction of sp³-hybridized carbons (Fsp3) is 0.500. The molecule has 0 saturated carbocycles. The Morgan fingerprint density at radius 2 is 2.00 bits per heavy atom. The first-order valence-corrected chi connectivity index (χ1v) is 6.08. The molecule has 3 heteroatoms. The van der Waals surface area contributed by atoms with E-state index in [1.165, 1.54) is 5.56 Å². The zero-order valence-electron chi connectivity index (χ0n) is 10.9. The summed E-state index contributed by atoms with van der Waals surface area (Å²) in [7, 11) is 0. The second kappa shape index (κ2) is 6.40. The highest BCUT2D eigenvalue weighted by molar-refractivity contribution is 5.81. The van der Waals surface area contributed by atoms with Crippen LogP contribution in [0.5, 0.6) is 0 Å². The van der Waals surface area contributed by atoms with Crippen molar-refractivity contribution in [1.82, 2.24) is 5.32 Å². The van der Waals surface area contributed by atoms with Crippen LogP contribution in [0.25, 0.3) is 0 Å². The van der Waals surface area contributed by atoms with Crippen molar-refractivity contribution in [1.29, 1.82) is 0 Å². The molecule has 1 rings (SSSR count). The molecule has 1 atom stereocenters. The van der Waals surface area contributed by atoms with Crippen LogP contribution in [0.2, 0.25) is 0 Å². The van der Waals surface area contributed by atoms with Crippen molar-refractivity contribution in [3.8, 4) is 0 Å². The Kier molecular flexibility index (Phi) is 5.16. The molecule has 1 aromatic rings. The van der Waals surface area contributed by atoms with Gasteiger partial charge < -0.3 is 11.1 Å². The van der Waals surface area contributed by atoms with Gasteiger partial charge in [0, 0.05) is 6.54 Å². The maximum Gasteiger partial charge on any atom is 0.237 e. The number of rotatable bonds is 5. The van der Waals surface area contributed by atoms with E-state index in [4.69, 9.17) is 5.73 Å². The van der Waals surface area contributed by atoms with Crippen LogP contribution in [-0.4, -0.2) is 11.9 Å². The van der Waals surface area contributed by atoms with Gasteiger partial charge in [-0.3, -0.25) is 4.79 Å². The number of nitrogens with one attached hydrogen (secondary N) is 1. The minimum atomic E-state index is -0.404. The van der Waals surface area contributed by atoms with Crippen LogP contribution in [0.15, 0.2) is 24.3 Å².